The molecule has 2 aromatic rings. The number of hydrogen-bond donors (Lipinski definition) is 1. The molecule has 2 aromatic carbocycles. The number of anilines is 1. The third-order valence-electron chi connectivity index (χ3n) is 6.60. The second-order valence-electron chi connectivity index (χ2n) is 9.38. The van der Waals surface area contributed by atoms with E-state index in [1.807, 2.05) is 0 Å². The molecule has 1 N–H and O–H groups in total. The molecule has 1 heterocycles. The molecule has 0 spiro atoms. The molecule has 0 bridgehead atoms. The molecule has 10 heteroatoms. The van der Waals surface area contributed by atoms with Gasteiger partial charge in [-0.3, -0.25) is 19.2 Å². The van der Waals surface area contributed by atoms with Gasteiger partial charge in [-0.1, -0.05) is 38.3 Å². The monoisotopic (exact) mass is 530 g/mol. The fourth-order valence-corrected chi connectivity index (χ4v) is 6.49. The zero-order valence-electron chi connectivity index (χ0n) is 20.6. The summed E-state index contributed by atoms with van der Waals surface area (Å²) in [5.41, 5.74) is 1.03. The minimum absolute atomic E-state index is 0.0215. The van der Waals surface area contributed by atoms with Gasteiger partial charge in [0, 0.05) is 18.3 Å². The lowest BCUT2D eigenvalue weighted by Crippen LogP contribution is -2.39. The van der Waals surface area contributed by atoms with Crippen LogP contribution in [-0.4, -0.2) is 45.2 Å². The van der Waals surface area contributed by atoms with Crippen LogP contribution in [0, 0.1) is 5.41 Å². The summed E-state index contributed by atoms with van der Waals surface area (Å²) in [5, 5.41) is -0.239. The van der Waals surface area contributed by atoms with Crippen molar-refractivity contribution in [3.63, 3.8) is 0 Å². The first-order valence-corrected chi connectivity index (χ1v) is 14.0. The molecule has 0 unspecified atom stereocenters. The van der Waals surface area contributed by atoms with Gasteiger partial charge in [-0.25, -0.2) is 8.42 Å². The van der Waals surface area contributed by atoms with Gasteiger partial charge in [0.1, 0.15) is 0 Å². The molecule has 0 aromatic heterocycles. The zero-order valence-corrected chi connectivity index (χ0v) is 22.2. The molecule has 2 amide bonds. The van der Waals surface area contributed by atoms with Gasteiger partial charge in [0.2, 0.25) is 0 Å². The average molecular weight is 531 g/mol. The second-order valence-corrected chi connectivity index (χ2v) is 12.1. The number of amides is 2. The summed E-state index contributed by atoms with van der Waals surface area (Å²) in [6, 6.07) is 11.0. The molecule has 1 aliphatic carbocycles. The summed E-state index contributed by atoms with van der Waals surface area (Å²) in [6.45, 7) is 2.60. The number of rotatable bonds is 8. The van der Waals surface area contributed by atoms with E-state index in [1.54, 1.807) is 30.3 Å². The van der Waals surface area contributed by atoms with Gasteiger partial charge in [0.25, 0.3) is 21.2 Å². The van der Waals surface area contributed by atoms with Crippen molar-refractivity contribution in [1.82, 2.24) is 4.90 Å². The van der Waals surface area contributed by atoms with Crippen LogP contribution in [0.15, 0.2) is 52.3 Å². The largest absolute Gasteiger partial charge is 0.493 e. The van der Waals surface area contributed by atoms with Crippen molar-refractivity contribution < 1.29 is 27.5 Å². The maximum absolute atomic E-state index is 13.0. The molecule has 8 nitrogen and oxygen atoms in total. The number of carbonyl (C=O) groups is 2. The molecule has 2 fully saturated rings. The van der Waals surface area contributed by atoms with E-state index in [-0.39, 0.29) is 21.5 Å². The van der Waals surface area contributed by atoms with Crippen LogP contribution in [0.5, 0.6) is 11.5 Å². The molecule has 192 valence electrons. The number of hydrogen-bond acceptors (Lipinski definition) is 7. The van der Waals surface area contributed by atoms with E-state index < -0.39 is 10.0 Å². The minimum atomic E-state index is -3.86. The lowest BCUT2D eigenvalue weighted by atomic mass is 9.75. The topological polar surface area (TPSA) is 102 Å². The lowest BCUT2D eigenvalue weighted by molar-refractivity contribution is -0.124. The van der Waals surface area contributed by atoms with Crippen LogP contribution in [-0.2, 0) is 14.8 Å². The zero-order chi connectivity index (χ0) is 25.9. The van der Waals surface area contributed by atoms with Gasteiger partial charge in [0.05, 0.1) is 24.0 Å². The number of methoxy groups -OCH3 is 2. The highest BCUT2D eigenvalue weighted by Crippen LogP contribution is 2.40. The minimum Gasteiger partial charge on any atom is -0.493 e. The third-order valence-corrected chi connectivity index (χ3v) is 8.89. The van der Waals surface area contributed by atoms with Crippen molar-refractivity contribution in [3.05, 3.63) is 52.9 Å². The van der Waals surface area contributed by atoms with Gasteiger partial charge in [-0.15, -0.1) is 0 Å². The maximum Gasteiger partial charge on any atom is 0.293 e. The van der Waals surface area contributed by atoms with Crippen molar-refractivity contribution in [1.29, 1.82) is 0 Å². The smallest absolute Gasteiger partial charge is 0.293 e. The first kappa shape index (κ1) is 26.1. The van der Waals surface area contributed by atoms with E-state index in [0.29, 0.717) is 34.2 Å². The maximum atomic E-state index is 13.0. The Hall–Kier alpha value is -2.98. The Bertz CT molecular complexity index is 1280. The molecular formula is C26H30N2O6S2. The molecule has 2 aliphatic rings. The predicted molar refractivity (Wildman–Crippen MR) is 141 cm³/mol. The highest BCUT2D eigenvalue weighted by atomic mass is 32.2. The number of thioether (sulfide) groups is 1. The van der Waals surface area contributed by atoms with Crippen LogP contribution in [0.4, 0.5) is 10.5 Å². The summed E-state index contributed by atoms with van der Waals surface area (Å²) in [4.78, 5) is 27.3. The first-order valence-electron chi connectivity index (χ1n) is 11.7. The Morgan fingerprint density at radius 1 is 1.00 bits per heavy atom. The summed E-state index contributed by atoms with van der Waals surface area (Å²) in [5.74, 6) is 0.468. The van der Waals surface area contributed by atoms with Crippen molar-refractivity contribution in [2.24, 2.45) is 5.41 Å². The highest BCUT2D eigenvalue weighted by Gasteiger charge is 2.40. The summed E-state index contributed by atoms with van der Waals surface area (Å²) < 4.78 is 38.5. The normalized spacial score (nSPS) is 19.0. The van der Waals surface area contributed by atoms with E-state index in [1.165, 1.54) is 43.7 Å². The molecule has 1 aliphatic heterocycles. The van der Waals surface area contributed by atoms with Gasteiger partial charge in [-0.05, 0) is 65.9 Å². The van der Waals surface area contributed by atoms with Crippen LogP contribution in [0.3, 0.4) is 0 Å². The Kier molecular flexibility index (Phi) is 7.65. The highest BCUT2D eigenvalue weighted by molar-refractivity contribution is 8.18. The molecule has 36 heavy (non-hydrogen) atoms. The number of carbonyl (C=O) groups excluding carboxylic acids is 2. The molecular weight excluding hydrogens is 500 g/mol. The van der Waals surface area contributed by atoms with E-state index in [4.69, 9.17) is 9.47 Å². The number of sulfonamides is 1. The molecule has 0 atom stereocenters. The van der Waals surface area contributed by atoms with Crippen LogP contribution < -0.4 is 14.2 Å². The van der Waals surface area contributed by atoms with Crippen LogP contribution in [0.25, 0.3) is 6.08 Å². The van der Waals surface area contributed by atoms with Gasteiger partial charge in [-0.2, -0.15) is 0 Å². The number of nitrogens with zero attached hydrogens (tertiary/aromatic N) is 1. The summed E-state index contributed by atoms with van der Waals surface area (Å²) in [6.07, 6.45) is 7.18. The predicted octanol–water partition coefficient (Wildman–Crippen LogP) is 5.51. The van der Waals surface area contributed by atoms with E-state index in [2.05, 4.69) is 11.6 Å². The first-order chi connectivity index (χ1) is 17.1. The summed E-state index contributed by atoms with van der Waals surface area (Å²) >= 11 is 0.947. The van der Waals surface area contributed by atoms with Crippen molar-refractivity contribution in [3.8, 4) is 11.5 Å². The van der Waals surface area contributed by atoms with E-state index >= 15 is 0 Å². The van der Waals surface area contributed by atoms with Crippen LogP contribution in [0.1, 0.15) is 44.6 Å². The van der Waals surface area contributed by atoms with E-state index in [0.717, 1.165) is 37.4 Å². The number of imide groups is 1. The van der Waals surface area contributed by atoms with Crippen LogP contribution >= 0.6 is 11.8 Å². The quantitative estimate of drug-likeness (QED) is 0.449. The SMILES string of the molecule is COc1ccc(S(=O)(=O)Nc2ccc(/C=C3/SC(=O)N(CC4(C)CCCCC4)C3=O)cc2)cc1OC. The Morgan fingerprint density at radius 2 is 1.67 bits per heavy atom. The third kappa shape index (κ3) is 5.70. The second kappa shape index (κ2) is 10.6. The fraction of sp³-hybridized carbons (Fsp3) is 0.385. The molecule has 4 rings (SSSR count). The van der Waals surface area contributed by atoms with E-state index in [9.17, 15) is 18.0 Å². The Labute approximate surface area is 216 Å². The van der Waals surface area contributed by atoms with Crippen molar-refractivity contribution >= 4 is 44.7 Å². The summed E-state index contributed by atoms with van der Waals surface area (Å²) in [7, 11) is -0.949. The standard InChI is InChI=1S/C26H30N2O6S2/c1-26(13-5-4-6-14-26)17-28-24(29)23(35-25(28)30)15-18-7-9-19(10-8-18)27-36(31,32)20-11-12-21(33-2)22(16-20)34-3/h7-12,15-16,27H,4-6,13-14,17H2,1-3H3/b23-15+. The fourth-order valence-electron chi connectivity index (χ4n) is 4.58. The number of benzene rings is 2. The molecule has 1 saturated carbocycles. The van der Waals surface area contributed by atoms with Crippen molar-refractivity contribution in [2.45, 2.75) is 43.9 Å². The number of ether oxygens (including phenoxy) is 2. The Balaban J connectivity index is 1.45. The van der Waals surface area contributed by atoms with Gasteiger partial charge in [0.15, 0.2) is 11.5 Å². The van der Waals surface area contributed by atoms with Gasteiger partial charge >= 0.3 is 0 Å². The average Bonchev–Trinajstić information content (AvgIpc) is 3.11. The Morgan fingerprint density at radius 3 is 2.31 bits per heavy atom. The van der Waals surface area contributed by atoms with Crippen LogP contribution in [0.2, 0.25) is 0 Å². The lowest BCUT2D eigenvalue weighted by Gasteiger charge is -2.35. The van der Waals surface area contributed by atoms with Crippen molar-refractivity contribution in [2.75, 3.05) is 25.5 Å². The number of nitrogens with one attached hydrogen (secondary N) is 1. The molecule has 0 radical (unpaired) electrons. The molecule has 1 saturated heterocycles. The van der Waals surface area contributed by atoms with Gasteiger partial charge < -0.3 is 9.47 Å².